The minimum absolute atomic E-state index is 0.562. The Balaban J connectivity index is 3.19. The van der Waals surface area contributed by atoms with Gasteiger partial charge in [0.2, 0.25) is 0 Å². The molecule has 0 aliphatic rings. The van der Waals surface area contributed by atoms with E-state index in [1.807, 2.05) is 6.07 Å². The molecule has 114 valence electrons. The molecule has 0 atom stereocenters. The van der Waals surface area contributed by atoms with Crippen LogP contribution in [0.1, 0.15) is 46.1 Å². The highest BCUT2D eigenvalue weighted by atomic mass is 35.5. The van der Waals surface area contributed by atoms with E-state index < -0.39 is 0 Å². The van der Waals surface area contributed by atoms with Gasteiger partial charge >= 0.3 is 0 Å². The normalized spacial score (nSPS) is 11.4. The quantitative estimate of drug-likeness (QED) is 0.766. The number of anilines is 1. The van der Waals surface area contributed by atoms with Crippen molar-refractivity contribution in [2.24, 2.45) is 11.7 Å². The van der Waals surface area contributed by atoms with Crippen LogP contribution in [0.25, 0.3) is 0 Å². The van der Waals surface area contributed by atoms with Crippen molar-refractivity contribution in [3.8, 4) is 0 Å². The molecule has 0 spiro atoms. The van der Waals surface area contributed by atoms with Crippen molar-refractivity contribution < 1.29 is 0 Å². The first-order valence-electron chi connectivity index (χ1n) is 7.78. The van der Waals surface area contributed by atoms with Crippen molar-refractivity contribution in [3.05, 3.63) is 28.8 Å². The molecule has 2 N–H and O–H groups in total. The molecule has 0 saturated heterocycles. The van der Waals surface area contributed by atoms with E-state index in [0.29, 0.717) is 18.5 Å². The van der Waals surface area contributed by atoms with Gasteiger partial charge in [0.15, 0.2) is 0 Å². The number of benzene rings is 1. The van der Waals surface area contributed by atoms with Crippen LogP contribution in [-0.2, 0) is 6.42 Å². The second-order valence-corrected chi connectivity index (χ2v) is 6.26. The fourth-order valence-corrected chi connectivity index (χ4v) is 2.90. The first-order chi connectivity index (χ1) is 9.53. The van der Waals surface area contributed by atoms with Gasteiger partial charge in [-0.15, -0.1) is 0 Å². The molecule has 20 heavy (non-hydrogen) atoms. The van der Waals surface area contributed by atoms with Crippen molar-refractivity contribution in [3.63, 3.8) is 0 Å². The third-order valence-corrected chi connectivity index (χ3v) is 3.95. The highest BCUT2D eigenvalue weighted by Crippen LogP contribution is 2.29. The summed E-state index contributed by atoms with van der Waals surface area (Å²) in [5.41, 5.74) is 8.34. The zero-order valence-electron chi connectivity index (χ0n) is 13.3. The average molecular weight is 297 g/mol. The summed E-state index contributed by atoms with van der Waals surface area (Å²) in [6, 6.07) is 6.76. The maximum Gasteiger partial charge on any atom is 0.0426 e. The van der Waals surface area contributed by atoms with Gasteiger partial charge in [0.25, 0.3) is 0 Å². The van der Waals surface area contributed by atoms with Gasteiger partial charge in [0, 0.05) is 23.3 Å². The maximum absolute atomic E-state index is 6.23. The second kappa shape index (κ2) is 8.53. The molecule has 3 heteroatoms. The molecule has 0 saturated carbocycles. The lowest BCUT2D eigenvalue weighted by molar-refractivity contribution is 0.506. The molecule has 0 fully saturated rings. The van der Waals surface area contributed by atoms with Crippen molar-refractivity contribution in [1.29, 1.82) is 0 Å². The number of hydrogen-bond acceptors (Lipinski definition) is 2. The maximum atomic E-state index is 6.23. The predicted molar refractivity (Wildman–Crippen MR) is 90.8 cm³/mol. The highest BCUT2D eigenvalue weighted by Gasteiger charge is 2.19. The van der Waals surface area contributed by atoms with Gasteiger partial charge in [0.05, 0.1) is 0 Å². The van der Waals surface area contributed by atoms with Crippen LogP contribution in [0, 0.1) is 5.92 Å². The topological polar surface area (TPSA) is 29.3 Å². The van der Waals surface area contributed by atoms with Crippen LogP contribution in [0.5, 0.6) is 0 Å². The molecular weight excluding hydrogens is 268 g/mol. The smallest absolute Gasteiger partial charge is 0.0426 e. The van der Waals surface area contributed by atoms with Gasteiger partial charge in [-0.3, -0.25) is 0 Å². The first kappa shape index (κ1) is 17.3. The Kier molecular flexibility index (Phi) is 7.39. The number of nitrogens with zero attached hydrogens (tertiary/aromatic N) is 1. The van der Waals surface area contributed by atoms with E-state index >= 15 is 0 Å². The van der Waals surface area contributed by atoms with Gasteiger partial charge in [0.1, 0.15) is 0 Å². The van der Waals surface area contributed by atoms with Crippen molar-refractivity contribution in [1.82, 2.24) is 0 Å². The fraction of sp³-hybridized carbons (Fsp3) is 0.647. The summed E-state index contributed by atoms with van der Waals surface area (Å²) in [4.78, 5) is 2.53. The number of rotatable bonds is 8. The lowest BCUT2D eigenvalue weighted by Crippen LogP contribution is -2.38. The summed E-state index contributed by atoms with van der Waals surface area (Å²) in [5, 5.41) is 0.806. The molecule has 0 aromatic heterocycles. The molecule has 2 nitrogen and oxygen atoms in total. The molecule has 0 heterocycles. The lowest BCUT2D eigenvalue weighted by Gasteiger charge is -2.36. The van der Waals surface area contributed by atoms with E-state index in [9.17, 15) is 0 Å². The van der Waals surface area contributed by atoms with Gasteiger partial charge in [-0.05, 0) is 49.4 Å². The first-order valence-corrected chi connectivity index (χ1v) is 8.16. The van der Waals surface area contributed by atoms with E-state index in [1.165, 1.54) is 11.3 Å². The van der Waals surface area contributed by atoms with Crippen LogP contribution in [0.2, 0.25) is 5.02 Å². The summed E-state index contributed by atoms with van der Waals surface area (Å²) in [6.45, 7) is 10.8. The molecule has 0 unspecified atom stereocenters. The molecule has 0 amide bonds. The molecule has 1 aromatic rings. The zero-order valence-corrected chi connectivity index (χ0v) is 14.1. The largest absolute Gasteiger partial charge is 0.368 e. The molecule has 0 bridgehead atoms. The van der Waals surface area contributed by atoms with E-state index in [0.717, 1.165) is 30.8 Å². The van der Waals surface area contributed by atoms with Crippen LogP contribution in [-0.4, -0.2) is 19.1 Å². The molecule has 0 radical (unpaired) electrons. The number of halogens is 1. The molecular formula is C17H29ClN2. The minimum atomic E-state index is 0.562. The van der Waals surface area contributed by atoms with Crippen molar-refractivity contribution >= 4 is 17.3 Å². The second-order valence-electron chi connectivity index (χ2n) is 5.83. The van der Waals surface area contributed by atoms with Crippen molar-refractivity contribution in [2.45, 2.75) is 53.0 Å². The SMILES string of the molecule is CCC(CC)N(CC(C)C)c1cc(Cl)ccc1CCN. The van der Waals surface area contributed by atoms with Gasteiger partial charge in [-0.2, -0.15) is 0 Å². The molecule has 1 rings (SSSR count). The third kappa shape index (κ3) is 4.68. The van der Waals surface area contributed by atoms with E-state index in [-0.39, 0.29) is 0 Å². The fourth-order valence-electron chi connectivity index (χ4n) is 2.74. The third-order valence-electron chi connectivity index (χ3n) is 3.72. The summed E-state index contributed by atoms with van der Waals surface area (Å²) in [5.74, 6) is 0.625. The molecule has 0 aliphatic heterocycles. The van der Waals surface area contributed by atoms with Crippen LogP contribution in [0.3, 0.4) is 0 Å². The van der Waals surface area contributed by atoms with E-state index in [4.69, 9.17) is 17.3 Å². The molecule has 1 aromatic carbocycles. The summed E-state index contributed by atoms with van der Waals surface area (Å²) in [7, 11) is 0. The van der Waals surface area contributed by atoms with Crippen LogP contribution >= 0.6 is 11.6 Å². The zero-order chi connectivity index (χ0) is 15.1. The Bertz CT molecular complexity index is 400. The molecule has 0 aliphatic carbocycles. The summed E-state index contributed by atoms with van der Waals surface area (Å²) in [6.07, 6.45) is 3.21. The van der Waals surface area contributed by atoms with Gasteiger partial charge in [-0.1, -0.05) is 45.4 Å². The Labute approximate surface area is 129 Å². The van der Waals surface area contributed by atoms with Crippen LogP contribution in [0.15, 0.2) is 18.2 Å². The minimum Gasteiger partial charge on any atom is -0.368 e. The summed E-state index contributed by atoms with van der Waals surface area (Å²) >= 11 is 6.23. The average Bonchev–Trinajstić information content (AvgIpc) is 2.41. The summed E-state index contributed by atoms with van der Waals surface area (Å²) < 4.78 is 0. The van der Waals surface area contributed by atoms with Crippen molar-refractivity contribution in [2.75, 3.05) is 18.0 Å². The Morgan fingerprint density at radius 3 is 2.35 bits per heavy atom. The standard InChI is InChI=1S/C17H29ClN2/c1-5-16(6-2)20(12-13(3)4)17-11-15(18)8-7-14(17)9-10-19/h7-8,11,13,16H,5-6,9-10,12,19H2,1-4H3. The van der Waals surface area contributed by atoms with Crippen LogP contribution in [0.4, 0.5) is 5.69 Å². The highest BCUT2D eigenvalue weighted by molar-refractivity contribution is 6.30. The number of hydrogen-bond donors (Lipinski definition) is 1. The Morgan fingerprint density at radius 2 is 1.85 bits per heavy atom. The predicted octanol–water partition coefficient (Wildman–Crippen LogP) is 4.49. The van der Waals surface area contributed by atoms with Crippen LogP contribution < -0.4 is 10.6 Å². The Hall–Kier alpha value is -0.730. The van der Waals surface area contributed by atoms with E-state index in [1.54, 1.807) is 0 Å². The van der Waals surface area contributed by atoms with Gasteiger partial charge in [-0.25, -0.2) is 0 Å². The van der Waals surface area contributed by atoms with Gasteiger partial charge < -0.3 is 10.6 Å². The van der Waals surface area contributed by atoms with E-state index in [2.05, 4.69) is 44.7 Å². The number of nitrogens with two attached hydrogens (primary N) is 1. The Morgan fingerprint density at radius 1 is 1.20 bits per heavy atom. The lowest BCUT2D eigenvalue weighted by atomic mass is 10.0. The monoisotopic (exact) mass is 296 g/mol.